The van der Waals surface area contributed by atoms with Crippen molar-refractivity contribution < 1.29 is 4.79 Å². The average molecular weight is 306 g/mol. The molecule has 3 nitrogen and oxygen atoms in total. The van der Waals surface area contributed by atoms with Gasteiger partial charge in [-0.25, -0.2) is 0 Å². The SMILES string of the molecule is CC(SCc1ccccc1)C(=O)N1CCC(C(C)N)CC1. The van der Waals surface area contributed by atoms with Crippen LogP contribution in [0.1, 0.15) is 32.3 Å². The highest BCUT2D eigenvalue weighted by atomic mass is 32.2. The topological polar surface area (TPSA) is 46.3 Å². The second-order valence-electron chi connectivity index (χ2n) is 5.96. The second kappa shape index (κ2) is 7.85. The summed E-state index contributed by atoms with van der Waals surface area (Å²) in [6.07, 6.45) is 2.08. The van der Waals surface area contributed by atoms with Crippen molar-refractivity contribution in [2.75, 3.05) is 13.1 Å². The molecule has 116 valence electrons. The molecule has 1 aromatic rings. The summed E-state index contributed by atoms with van der Waals surface area (Å²) in [6.45, 7) is 5.82. The van der Waals surface area contributed by atoms with E-state index in [1.807, 2.05) is 30.0 Å². The van der Waals surface area contributed by atoms with Gasteiger partial charge in [0.2, 0.25) is 5.91 Å². The molecule has 1 aromatic carbocycles. The number of likely N-dealkylation sites (tertiary alicyclic amines) is 1. The Kier molecular flexibility index (Phi) is 6.12. The first-order valence-corrected chi connectivity index (χ1v) is 8.82. The minimum atomic E-state index is 0.0251. The number of hydrogen-bond acceptors (Lipinski definition) is 3. The van der Waals surface area contributed by atoms with Gasteiger partial charge < -0.3 is 10.6 Å². The zero-order chi connectivity index (χ0) is 15.2. The lowest BCUT2D eigenvalue weighted by molar-refractivity contribution is -0.131. The van der Waals surface area contributed by atoms with E-state index in [0.29, 0.717) is 5.92 Å². The van der Waals surface area contributed by atoms with Crippen LogP contribution >= 0.6 is 11.8 Å². The molecule has 2 atom stereocenters. The fourth-order valence-corrected chi connectivity index (χ4v) is 3.70. The molecule has 0 saturated carbocycles. The van der Waals surface area contributed by atoms with Crippen molar-refractivity contribution in [2.45, 2.75) is 43.7 Å². The van der Waals surface area contributed by atoms with Crippen molar-refractivity contribution in [3.8, 4) is 0 Å². The maximum Gasteiger partial charge on any atom is 0.235 e. The molecule has 1 aliphatic heterocycles. The van der Waals surface area contributed by atoms with Gasteiger partial charge in [0.1, 0.15) is 0 Å². The van der Waals surface area contributed by atoms with Gasteiger partial charge in [0.25, 0.3) is 0 Å². The maximum atomic E-state index is 12.5. The molecule has 1 aliphatic rings. The number of carbonyl (C=O) groups is 1. The Morgan fingerprint density at radius 2 is 1.90 bits per heavy atom. The largest absolute Gasteiger partial charge is 0.342 e. The van der Waals surface area contributed by atoms with Crippen molar-refractivity contribution in [3.05, 3.63) is 35.9 Å². The molecule has 1 saturated heterocycles. The van der Waals surface area contributed by atoms with Crippen LogP contribution in [0.5, 0.6) is 0 Å². The van der Waals surface area contributed by atoms with Crippen LogP contribution in [0.25, 0.3) is 0 Å². The molecular formula is C17H26N2OS. The molecule has 21 heavy (non-hydrogen) atoms. The molecule has 0 aromatic heterocycles. The van der Waals surface area contributed by atoms with Crippen LogP contribution < -0.4 is 5.73 Å². The van der Waals surface area contributed by atoms with Crippen molar-refractivity contribution in [1.29, 1.82) is 0 Å². The quantitative estimate of drug-likeness (QED) is 0.910. The summed E-state index contributed by atoms with van der Waals surface area (Å²) >= 11 is 1.72. The van der Waals surface area contributed by atoms with Crippen LogP contribution in [0.4, 0.5) is 0 Å². The Hall–Kier alpha value is -1.00. The van der Waals surface area contributed by atoms with Gasteiger partial charge in [-0.15, -0.1) is 11.8 Å². The number of hydrogen-bond donors (Lipinski definition) is 1. The lowest BCUT2D eigenvalue weighted by atomic mass is 9.91. The van der Waals surface area contributed by atoms with Crippen molar-refractivity contribution in [3.63, 3.8) is 0 Å². The molecule has 0 spiro atoms. The van der Waals surface area contributed by atoms with E-state index in [1.165, 1.54) is 5.56 Å². The van der Waals surface area contributed by atoms with Gasteiger partial charge in [-0.1, -0.05) is 30.3 Å². The number of rotatable bonds is 5. The van der Waals surface area contributed by atoms with E-state index in [2.05, 4.69) is 19.1 Å². The van der Waals surface area contributed by atoms with E-state index >= 15 is 0 Å². The first-order valence-electron chi connectivity index (χ1n) is 7.78. The minimum absolute atomic E-state index is 0.0251. The Balaban J connectivity index is 1.78. The highest BCUT2D eigenvalue weighted by Crippen LogP contribution is 2.24. The van der Waals surface area contributed by atoms with Crippen molar-refractivity contribution in [1.82, 2.24) is 4.90 Å². The smallest absolute Gasteiger partial charge is 0.235 e. The predicted molar refractivity (Wildman–Crippen MR) is 90.2 cm³/mol. The highest BCUT2D eigenvalue weighted by molar-refractivity contribution is 7.99. The van der Waals surface area contributed by atoms with Gasteiger partial charge in [0.15, 0.2) is 0 Å². The Morgan fingerprint density at radius 1 is 1.29 bits per heavy atom. The molecular weight excluding hydrogens is 280 g/mol. The van der Waals surface area contributed by atoms with Crippen LogP contribution in [-0.4, -0.2) is 35.2 Å². The van der Waals surface area contributed by atoms with Crippen molar-refractivity contribution >= 4 is 17.7 Å². The number of carbonyl (C=O) groups excluding carboxylic acids is 1. The number of piperidine rings is 1. The third-order valence-corrected chi connectivity index (χ3v) is 5.49. The standard InChI is InChI=1S/C17H26N2OS/c1-13(18)16-8-10-19(11-9-16)17(20)14(2)21-12-15-6-4-3-5-7-15/h3-7,13-14,16H,8-12,18H2,1-2H3. The summed E-state index contributed by atoms with van der Waals surface area (Å²) in [5.41, 5.74) is 7.23. The Morgan fingerprint density at radius 3 is 2.48 bits per heavy atom. The summed E-state index contributed by atoms with van der Waals surface area (Å²) in [5.74, 6) is 1.74. The maximum absolute atomic E-state index is 12.5. The predicted octanol–water partition coefficient (Wildman–Crippen LogP) is 2.89. The highest BCUT2D eigenvalue weighted by Gasteiger charge is 2.27. The fourth-order valence-electron chi connectivity index (χ4n) is 2.77. The number of benzene rings is 1. The van der Waals surface area contributed by atoms with Gasteiger partial charge in [-0.3, -0.25) is 4.79 Å². The second-order valence-corrected chi connectivity index (χ2v) is 7.29. The van der Waals surface area contributed by atoms with Gasteiger partial charge in [-0.05, 0) is 38.2 Å². The summed E-state index contributed by atoms with van der Waals surface area (Å²) in [6, 6.07) is 10.6. The van der Waals surface area contributed by atoms with Crippen LogP contribution in [0, 0.1) is 5.92 Å². The lowest BCUT2D eigenvalue weighted by Crippen LogP contribution is -2.45. The third-order valence-electron chi connectivity index (χ3n) is 4.29. The van der Waals surface area contributed by atoms with Crippen molar-refractivity contribution in [2.24, 2.45) is 11.7 Å². The molecule has 0 bridgehead atoms. The number of nitrogens with two attached hydrogens (primary N) is 1. The van der Waals surface area contributed by atoms with Gasteiger partial charge in [-0.2, -0.15) is 0 Å². The molecule has 1 fully saturated rings. The van der Waals surface area contributed by atoms with Crippen LogP contribution in [0.15, 0.2) is 30.3 Å². The van der Waals surface area contributed by atoms with E-state index in [1.54, 1.807) is 11.8 Å². The van der Waals surface area contributed by atoms with Gasteiger partial charge in [0.05, 0.1) is 5.25 Å². The van der Waals surface area contributed by atoms with Crippen LogP contribution in [0.3, 0.4) is 0 Å². The number of thioether (sulfide) groups is 1. The molecule has 2 rings (SSSR count). The van der Waals surface area contributed by atoms with E-state index in [9.17, 15) is 4.79 Å². The molecule has 1 amide bonds. The third kappa shape index (κ3) is 4.75. The van der Waals surface area contributed by atoms with Crippen LogP contribution in [-0.2, 0) is 10.5 Å². The zero-order valence-electron chi connectivity index (χ0n) is 13.0. The monoisotopic (exact) mass is 306 g/mol. The zero-order valence-corrected chi connectivity index (χ0v) is 13.8. The summed E-state index contributed by atoms with van der Waals surface area (Å²) in [7, 11) is 0. The van der Waals surface area contributed by atoms with E-state index < -0.39 is 0 Å². The molecule has 0 aliphatic carbocycles. The fraction of sp³-hybridized carbons (Fsp3) is 0.588. The number of amides is 1. The first kappa shape index (κ1) is 16.4. The van der Waals surface area contributed by atoms with Crippen LogP contribution in [0.2, 0.25) is 0 Å². The van der Waals surface area contributed by atoms with E-state index in [4.69, 9.17) is 5.73 Å². The lowest BCUT2D eigenvalue weighted by Gasteiger charge is -2.35. The molecule has 1 heterocycles. The normalized spacial score (nSPS) is 19.3. The van der Waals surface area contributed by atoms with E-state index in [-0.39, 0.29) is 17.2 Å². The Labute approximate surface area is 132 Å². The van der Waals surface area contributed by atoms with Gasteiger partial charge in [0, 0.05) is 24.9 Å². The summed E-state index contributed by atoms with van der Waals surface area (Å²) < 4.78 is 0. The molecule has 4 heteroatoms. The average Bonchev–Trinajstić information content (AvgIpc) is 2.53. The summed E-state index contributed by atoms with van der Waals surface area (Å²) in [5, 5.41) is 0.0251. The molecule has 2 N–H and O–H groups in total. The minimum Gasteiger partial charge on any atom is -0.342 e. The first-order chi connectivity index (χ1) is 10.1. The van der Waals surface area contributed by atoms with Gasteiger partial charge >= 0.3 is 0 Å². The molecule has 2 unspecified atom stereocenters. The summed E-state index contributed by atoms with van der Waals surface area (Å²) in [4.78, 5) is 14.5. The number of nitrogens with zero attached hydrogens (tertiary/aromatic N) is 1. The molecule has 0 radical (unpaired) electrons. The van der Waals surface area contributed by atoms with E-state index in [0.717, 1.165) is 31.7 Å². The Bertz CT molecular complexity index is 441.